The highest BCUT2D eigenvalue weighted by Gasteiger charge is 2.23. The summed E-state index contributed by atoms with van der Waals surface area (Å²) in [6.45, 7) is 5.02. The van der Waals surface area contributed by atoms with E-state index in [0.717, 1.165) is 28.2 Å². The molecule has 2 aromatic carbocycles. The minimum absolute atomic E-state index is 0.154. The smallest absolute Gasteiger partial charge is 0.123 e. The number of hydrogen-bond donors (Lipinski definition) is 1. The van der Waals surface area contributed by atoms with Crippen LogP contribution in [0.2, 0.25) is 5.02 Å². The summed E-state index contributed by atoms with van der Waals surface area (Å²) in [5, 5.41) is 4.29. The molecule has 21 heavy (non-hydrogen) atoms. The Morgan fingerprint density at radius 2 is 1.95 bits per heavy atom. The molecule has 1 N–H and O–H groups in total. The topological polar surface area (TPSA) is 21.3 Å². The second kappa shape index (κ2) is 5.90. The summed E-state index contributed by atoms with van der Waals surface area (Å²) in [6.07, 6.45) is 1.05. The Labute approximate surface area is 138 Å². The molecule has 0 aliphatic carbocycles. The Bertz CT molecular complexity index is 663. The van der Waals surface area contributed by atoms with Crippen LogP contribution >= 0.6 is 27.5 Å². The molecule has 0 spiro atoms. The molecule has 0 aromatic heterocycles. The number of benzene rings is 2. The number of hydrogen-bond acceptors (Lipinski definition) is 2. The van der Waals surface area contributed by atoms with E-state index < -0.39 is 0 Å². The lowest BCUT2D eigenvalue weighted by Crippen LogP contribution is -2.24. The van der Waals surface area contributed by atoms with Crippen molar-refractivity contribution in [3.8, 4) is 5.75 Å². The molecule has 1 unspecified atom stereocenters. The van der Waals surface area contributed by atoms with Crippen LogP contribution in [-0.4, -0.2) is 12.6 Å². The number of fused-ring (bicyclic) bond motifs is 1. The van der Waals surface area contributed by atoms with Crippen molar-refractivity contribution in [1.82, 2.24) is 0 Å². The van der Waals surface area contributed by atoms with Crippen molar-refractivity contribution >= 4 is 33.2 Å². The van der Waals surface area contributed by atoms with E-state index in [9.17, 15) is 0 Å². The van der Waals surface area contributed by atoms with Crippen molar-refractivity contribution in [3.63, 3.8) is 0 Å². The number of ether oxygens (including phenoxy) is 1. The van der Waals surface area contributed by atoms with Crippen molar-refractivity contribution in [2.24, 2.45) is 0 Å². The molecule has 0 bridgehead atoms. The van der Waals surface area contributed by atoms with Gasteiger partial charge in [-0.25, -0.2) is 0 Å². The van der Waals surface area contributed by atoms with Gasteiger partial charge in [0.1, 0.15) is 11.9 Å². The first-order chi connectivity index (χ1) is 10.0. The minimum atomic E-state index is 0.154. The molecule has 2 aromatic rings. The van der Waals surface area contributed by atoms with Gasteiger partial charge in [-0.1, -0.05) is 27.5 Å². The molecular formula is C17H17BrClNO. The Hall–Kier alpha value is -1.19. The number of halogens is 2. The minimum Gasteiger partial charge on any atom is -0.488 e. The second-order valence-corrected chi connectivity index (χ2v) is 6.84. The van der Waals surface area contributed by atoms with Gasteiger partial charge >= 0.3 is 0 Å². The fraction of sp³-hybridized carbons (Fsp3) is 0.294. The van der Waals surface area contributed by atoms with Crippen LogP contribution in [0.3, 0.4) is 0 Å². The highest BCUT2D eigenvalue weighted by molar-refractivity contribution is 9.10. The molecule has 1 atom stereocenters. The number of rotatable bonds is 3. The monoisotopic (exact) mass is 365 g/mol. The number of nitrogens with one attached hydrogen (secondary N) is 1. The second-order valence-electron chi connectivity index (χ2n) is 5.49. The molecule has 0 radical (unpaired) electrons. The molecule has 1 heterocycles. The van der Waals surface area contributed by atoms with Crippen molar-refractivity contribution in [3.05, 3.63) is 56.5 Å². The van der Waals surface area contributed by atoms with Gasteiger partial charge < -0.3 is 10.1 Å². The first-order valence-electron chi connectivity index (χ1n) is 6.98. The van der Waals surface area contributed by atoms with E-state index in [0.29, 0.717) is 0 Å². The summed E-state index contributed by atoms with van der Waals surface area (Å²) in [4.78, 5) is 0. The van der Waals surface area contributed by atoms with Gasteiger partial charge in [0.05, 0.1) is 6.54 Å². The van der Waals surface area contributed by atoms with Crippen molar-refractivity contribution in [2.75, 3.05) is 11.9 Å². The third-order valence-corrected chi connectivity index (χ3v) is 4.46. The Balaban J connectivity index is 1.68. The zero-order valence-corrected chi connectivity index (χ0v) is 14.4. The average Bonchev–Trinajstić information content (AvgIpc) is 2.79. The number of aryl methyl sites for hydroxylation is 2. The van der Waals surface area contributed by atoms with E-state index in [4.69, 9.17) is 16.3 Å². The Morgan fingerprint density at radius 1 is 1.24 bits per heavy atom. The maximum absolute atomic E-state index is 6.02. The van der Waals surface area contributed by atoms with E-state index in [-0.39, 0.29) is 6.10 Å². The van der Waals surface area contributed by atoms with Crippen LogP contribution in [-0.2, 0) is 6.42 Å². The van der Waals surface area contributed by atoms with Gasteiger partial charge in [0.2, 0.25) is 0 Å². The standard InChI is InChI=1S/C17H17BrClNO/c1-10-5-13(18)6-11(2)17(10)20-9-15-8-12-7-14(19)3-4-16(12)21-15/h3-7,15,20H,8-9H2,1-2H3. The summed E-state index contributed by atoms with van der Waals surface area (Å²) in [7, 11) is 0. The van der Waals surface area contributed by atoms with Gasteiger partial charge in [0.15, 0.2) is 0 Å². The summed E-state index contributed by atoms with van der Waals surface area (Å²) in [5.74, 6) is 0.954. The predicted molar refractivity (Wildman–Crippen MR) is 91.7 cm³/mol. The zero-order chi connectivity index (χ0) is 15.0. The van der Waals surface area contributed by atoms with Crippen LogP contribution in [0.15, 0.2) is 34.8 Å². The maximum Gasteiger partial charge on any atom is 0.123 e. The average molecular weight is 367 g/mol. The van der Waals surface area contributed by atoms with E-state index in [1.807, 2.05) is 18.2 Å². The summed E-state index contributed by atoms with van der Waals surface area (Å²) < 4.78 is 7.07. The first-order valence-corrected chi connectivity index (χ1v) is 8.16. The molecule has 3 rings (SSSR count). The fourth-order valence-corrected chi connectivity index (χ4v) is 3.69. The molecule has 0 fully saturated rings. The van der Waals surface area contributed by atoms with Crippen LogP contribution < -0.4 is 10.1 Å². The lowest BCUT2D eigenvalue weighted by atomic mass is 10.1. The highest BCUT2D eigenvalue weighted by atomic mass is 79.9. The Kier molecular flexibility index (Phi) is 4.14. The van der Waals surface area contributed by atoms with Crippen LogP contribution in [0.1, 0.15) is 16.7 Å². The fourth-order valence-electron chi connectivity index (χ4n) is 2.81. The van der Waals surface area contributed by atoms with Gasteiger partial charge in [-0.05, 0) is 60.9 Å². The SMILES string of the molecule is Cc1cc(Br)cc(C)c1NCC1Cc2cc(Cl)ccc2O1. The van der Waals surface area contributed by atoms with Crippen molar-refractivity contribution in [2.45, 2.75) is 26.4 Å². The van der Waals surface area contributed by atoms with E-state index in [2.05, 4.69) is 47.2 Å². The molecule has 0 amide bonds. The van der Waals surface area contributed by atoms with E-state index >= 15 is 0 Å². The first kappa shape index (κ1) is 14.7. The molecule has 4 heteroatoms. The van der Waals surface area contributed by atoms with Gasteiger partial charge in [0.25, 0.3) is 0 Å². The summed E-state index contributed by atoms with van der Waals surface area (Å²) in [6, 6.07) is 10.1. The number of anilines is 1. The van der Waals surface area contributed by atoms with Crippen molar-refractivity contribution in [1.29, 1.82) is 0 Å². The van der Waals surface area contributed by atoms with Gasteiger partial charge in [-0.3, -0.25) is 0 Å². The highest BCUT2D eigenvalue weighted by Crippen LogP contribution is 2.32. The summed E-state index contributed by atoms with van der Waals surface area (Å²) in [5.41, 5.74) is 4.86. The normalized spacial score (nSPS) is 16.5. The lowest BCUT2D eigenvalue weighted by Gasteiger charge is -2.17. The molecule has 0 saturated carbocycles. The third kappa shape index (κ3) is 3.19. The molecule has 110 valence electrons. The van der Waals surface area contributed by atoms with Crippen LogP contribution in [0, 0.1) is 13.8 Å². The van der Waals surface area contributed by atoms with Gasteiger partial charge in [-0.2, -0.15) is 0 Å². The van der Waals surface area contributed by atoms with Gasteiger partial charge in [-0.15, -0.1) is 0 Å². The lowest BCUT2D eigenvalue weighted by molar-refractivity contribution is 0.246. The van der Waals surface area contributed by atoms with Crippen LogP contribution in [0.5, 0.6) is 5.75 Å². The molecule has 1 aliphatic heterocycles. The van der Waals surface area contributed by atoms with E-state index in [1.54, 1.807) is 0 Å². The maximum atomic E-state index is 6.02. The van der Waals surface area contributed by atoms with Crippen LogP contribution in [0.25, 0.3) is 0 Å². The molecular weight excluding hydrogens is 350 g/mol. The quantitative estimate of drug-likeness (QED) is 0.812. The predicted octanol–water partition coefficient (Wildman–Crippen LogP) is 5.13. The van der Waals surface area contributed by atoms with Gasteiger partial charge in [0, 0.05) is 21.6 Å². The molecule has 2 nitrogen and oxygen atoms in total. The summed E-state index contributed by atoms with van der Waals surface area (Å²) >= 11 is 9.55. The third-order valence-electron chi connectivity index (χ3n) is 3.77. The molecule has 1 aliphatic rings. The molecule has 0 saturated heterocycles. The zero-order valence-electron chi connectivity index (χ0n) is 12.0. The Morgan fingerprint density at radius 3 is 2.67 bits per heavy atom. The van der Waals surface area contributed by atoms with Crippen molar-refractivity contribution < 1.29 is 4.74 Å². The largest absolute Gasteiger partial charge is 0.488 e. The van der Waals surface area contributed by atoms with E-state index in [1.165, 1.54) is 22.4 Å². The van der Waals surface area contributed by atoms with Crippen LogP contribution in [0.4, 0.5) is 5.69 Å².